The van der Waals surface area contributed by atoms with E-state index in [4.69, 9.17) is 0 Å². The fraction of sp³-hybridized carbons (Fsp3) is 0.500. The zero-order valence-corrected chi connectivity index (χ0v) is 11.9. The van der Waals surface area contributed by atoms with Crippen molar-refractivity contribution in [2.45, 2.75) is 52.4 Å². The van der Waals surface area contributed by atoms with E-state index in [1.54, 1.807) is 24.3 Å². The van der Waals surface area contributed by atoms with Crippen molar-refractivity contribution in [1.82, 2.24) is 0 Å². The van der Waals surface area contributed by atoms with Gasteiger partial charge in [-0.1, -0.05) is 32.6 Å². The number of hydrogen-bond donors (Lipinski definition) is 1. The number of carbonyl (C=O) groups excluding carboxylic acids is 2. The average molecular weight is 261 g/mol. The quantitative estimate of drug-likeness (QED) is 0.563. The summed E-state index contributed by atoms with van der Waals surface area (Å²) in [4.78, 5) is 22.8. The summed E-state index contributed by atoms with van der Waals surface area (Å²) in [7, 11) is 0. The normalized spacial score (nSPS) is 10.2. The van der Waals surface area contributed by atoms with Crippen molar-refractivity contribution in [2.75, 3.05) is 5.32 Å². The lowest BCUT2D eigenvalue weighted by Gasteiger charge is -2.05. The van der Waals surface area contributed by atoms with Gasteiger partial charge in [-0.05, 0) is 37.6 Å². The molecule has 0 atom stereocenters. The number of benzene rings is 1. The number of unbranched alkanes of at least 4 members (excludes halogenated alkanes) is 4. The SMILES string of the molecule is CCCCCCCC(=O)Nc1ccc(C(C)=O)cc1. The van der Waals surface area contributed by atoms with E-state index in [0.717, 1.165) is 18.5 Å². The average Bonchev–Trinajstić information content (AvgIpc) is 2.39. The molecule has 104 valence electrons. The molecule has 3 heteroatoms. The van der Waals surface area contributed by atoms with Gasteiger partial charge in [0.15, 0.2) is 5.78 Å². The molecule has 0 unspecified atom stereocenters. The Labute approximate surface area is 115 Å². The number of anilines is 1. The fourth-order valence-electron chi connectivity index (χ4n) is 1.90. The molecule has 0 fully saturated rings. The number of ketones is 1. The van der Waals surface area contributed by atoms with Crippen molar-refractivity contribution in [2.24, 2.45) is 0 Å². The van der Waals surface area contributed by atoms with E-state index in [9.17, 15) is 9.59 Å². The molecule has 19 heavy (non-hydrogen) atoms. The number of rotatable bonds is 8. The zero-order valence-electron chi connectivity index (χ0n) is 11.9. The third-order valence-electron chi connectivity index (χ3n) is 3.08. The molecule has 0 bridgehead atoms. The second-order valence-electron chi connectivity index (χ2n) is 4.85. The van der Waals surface area contributed by atoms with Crippen LogP contribution in [-0.2, 0) is 4.79 Å². The predicted octanol–water partition coefficient (Wildman–Crippen LogP) is 4.19. The van der Waals surface area contributed by atoms with Crippen LogP contribution in [0.4, 0.5) is 5.69 Å². The maximum atomic E-state index is 11.7. The Hall–Kier alpha value is -1.64. The first-order valence-corrected chi connectivity index (χ1v) is 7.04. The Bertz CT molecular complexity index is 409. The van der Waals surface area contributed by atoms with Crippen LogP contribution in [0.15, 0.2) is 24.3 Å². The van der Waals surface area contributed by atoms with Crippen LogP contribution in [0.25, 0.3) is 0 Å². The monoisotopic (exact) mass is 261 g/mol. The van der Waals surface area contributed by atoms with E-state index in [1.165, 1.54) is 26.2 Å². The fourth-order valence-corrected chi connectivity index (χ4v) is 1.90. The highest BCUT2D eigenvalue weighted by atomic mass is 16.1. The lowest BCUT2D eigenvalue weighted by atomic mass is 10.1. The highest BCUT2D eigenvalue weighted by molar-refractivity contribution is 5.95. The van der Waals surface area contributed by atoms with E-state index in [1.807, 2.05) is 0 Å². The molecule has 0 radical (unpaired) electrons. The molecule has 1 aromatic rings. The predicted molar refractivity (Wildman–Crippen MR) is 78.5 cm³/mol. The molecule has 1 N–H and O–H groups in total. The van der Waals surface area contributed by atoms with Crippen molar-refractivity contribution in [3.63, 3.8) is 0 Å². The van der Waals surface area contributed by atoms with Gasteiger partial charge >= 0.3 is 0 Å². The largest absolute Gasteiger partial charge is 0.326 e. The van der Waals surface area contributed by atoms with Crippen molar-refractivity contribution in [3.8, 4) is 0 Å². The molecule has 1 amide bonds. The van der Waals surface area contributed by atoms with Crippen molar-refractivity contribution in [3.05, 3.63) is 29.8 Å². The minimum Gasteiger partial charge on any atom is -0.326 e. The Morgan fingerprint density at radius 3 is 2.21 bits per heavy atom. The smallest absolute Gasteiger partial charge is 0.224 e. The first-order valence-electron chi connectivity index (χ1n) is 7.04. The number of nitrogens with one attached hydrogen (secondary N) is 1. The summed E-state index contributed by atoms with van der Waals surface area (Å²) in [5.74, 6) is 0.0841. The highest BCUT2D eigenvalue weighted by Crippen LogP contribution is 2.11. The van der Waals surface area contributed by atoms with Crippen molar-refractivity contribution < 1.29 is 9.59 Å². The molecule has 1 aromatic carbocycles. The Balaban J connectivity index is 2.30. The number of Topliss-reactive ketones (excluding diaryl/α,β-unsaturated/α-hetero) is 1. The van der Waals surface area contributed by atoms with Gasteiger partial charge in [0.1, 0.15) is 0 Å². The van der Waals surface area contributed by atoms with Crippen LogP contribution in [0, 0.1) is 0 Å². The molecule has 0 saturated heterocycles. The van der Waals surface area contributed by atoms with E-state index in [2.05, 4.69) is 12.2 Å². The van der Waals surface area contributed by atoms with Gasteiger partial charge in [-0.25, -0.2) is 0 Å². The summed E-state index contributed by atoms with van der Waals surface area (Å²) in [5, 5.41) is 2.85. The van der Waals surface area contributed by atoms with Gasteiger partial charge in [0.05, 0.1) is 0 Å². The van der Waals surface area contributed by atoms with Crippen LogP contribution in [0.3, 0.4) is 0 Å². The molecule has 0 aliphatic rings. The van der Waals surface area contributed by atoms with Crippen LogP contribution < -0.4 is 5.32 Å². The van der Waals surface area contributed by atoms with Crippen molar-refractivity contribution >= 4 is 17.4 Å². The molecule has 1 rings (SSSR count). The summed E-state index contributed by atoms with van der Waals surface area (Å²) in [6, 6.07) is 7.01. The topological polar surface area (TPSA) is 46.2 Å². The third kappa shape index (κ3) is 6.18. The maximum Gasteiger partial charge on any atom is 0.224 e. The molecule has 0 aliphatic carbocycles. The summed E-state index contributed by atoms with van der Waals surface area (Å²) in [5.41, 5.74) is 1.42. The van der Waals surface area contributed by atoms with E-state index in [0.29, 0.717) is 12.0 Å². The van der Waals surface area contributed by atoms with E-state index in [-0.39, 0.29) is 11.7 Å². The lowest BCUT2D eigenvalue weighted by molar-refractivity contribution is -0.116. The van der Waals surface area contributed by atoms with Gasteiger partial charge in [-0.15, -0.1) is 0 Å². The van der Waals surface area contributed by atoms with Gasteiger partial charge in [-0.3, -0.25) is 9.59 Å². The lowest BCUT2D eigenvalue weighted by Crippen LogP contribution is -2.11. The molecular weight excluding hydrogens is 238 g/mol. The molecular formula is C16H23NO2. The van der Waals surface area contributed by atoms with Gasteiger partial charge in [0, 0.05) is 17.7 Å². The second-order valence-corrected chi connectivity index (χ2v) is 4.85. The van der Waals surface area contributed by atoms with Crippen LogP contribution in [0.1, 0.15) is 62.7 Å². The van der Waals surface area contributed by atoms with E-state index < -0.39 is 0 Å². The first-order chi connectivity index (χ1) is 9.13. The van der Waals surface area contributed by atoms with Crippen LogP contribution in [0.5, 0.6) is 0 Å². The number of amides is 1. The minimum atomic E-state index is 0.0359. The third-order valence-corrected chi connectivity index (χ3v) is 3.08. The van der Waals surface area contributed by atoms with Gasteiger partial charge in [0.2, 0.25) is 5.91 Å². The van der Waals surface area contributed by atoms with E-state index >= 15 is 0 Å². The molecule has 0 aromatic heterocycles. The number of carbonyl (C=O) groups is 2. The second kappa shape index (κ2) is 8.46. The Morgan fingerprint density at radius 2 is 1.63 bits per heavy atom. The highest BCUT2D eigenvalue weighted by Gasteiger charge is 2.03. The maximum absolute atomic E-state index is 11.7. The number of hydrogen-bond acceptors (Lipinski definition) is 2. The summed E-state index contributed by atoms with van der Waals surface area (Å²) >= 11 is 0. The molecule has 3 nitrogen and oxygen atoms in total. The van der Waals surface area contributed by atoms with Crippen molar-refractivity contribution in [1.29, 1.82) is 0 Å². The zero-order chi connectivity index (χ0) is 14.1. The minimum absolute atomic E-state index is 0.0359. The van der Waals surface area contributed by atoms with Gasteiger partial charge in [-0.2, -0.15) is 0 Å². The van der Waals surface area contributed by atoms with Crippen LogP contribution >= 0.6 is 0 Å². The van der Waals surface area contributed by atoms with Crippen LogP contribution in [-0.4, -0.2) is 11.7 Å². The molecule has 0 saturated carbocycles. The first kappa shape index (κ1) is 15.4. The standard InChI is InChI=1S/C16H23NO2/c1-3-4-5-6-7-8-16(19)17-15-11-9-14(10-12-15)13(2)18/h9-12H,3-8H2,1-2H3,(H,17,19). The van der Waals surface area contributed by atoms with Gasteiger partial charge in [0.25, 0.3) is 0 Å². The summed E-state index contributed by atoms with van der Waals surface area (Å²) in [6.45, 7) is 3.71. The molecule has 0 aliphatic heterocycles. The molecule has 0 spiro atoms. The van der Waals surface area contributed by atoms with Crippen LogP contribution in [0.2, 0.25) is 0 Å². The summed E-state index contributed by atoms with van der Waals surface area (Å²) in [6.07, 6.45) is 6.29. The van der Waals surface area contributed by atoms with Gasteiger partial charge < -0.3 is 5.32 Å². The Morgan fingerprint density at radius 1 is 1.00 bits per heavy atom. The Kier molecular flexibility index (Phi) is 6.86. The summed E-state index contributed by atoms with van der Waals surface area (Å²) < 4.78 is 0. The molecule has 0 heterocycles.